The minimum Gasteiger partial charge on any atom is -0.477 e. The number of carboxylic acids is 1. The van der Waals surface area contributed by atoms with E-state index in [1.165, 1.54) is 0 Å². The van der Waals surface area contributed by atoms with E-state index in [1.54, 1.807) is 14.1 Å². The fourth-order valence-corrected chi connectivity index (χ4v) is 1.82. The molecule has 0 atom stereocenters. The summed E-state index contributed by atoms with van der Waals surface area (Å²) in [6.45, 7) is 3.43. The van der Waals surface area contributed by atoms with Gasteiger partial charge in [0.25, 0.3) is 5.56 Å². The quantitative estimate of drug-likeness (QED) is 0.904. The van der Waals surface area contributed by atoms with Crippen LogP contribution in [-0.4, -0.2) is 40.2 Å². The third kappa shape index (κ3) is 3.88. The maximum absolute atomic E-state index is 13.0. The zero-order valence-corrected chi connectivity index (χ0v) is 12.9. The summed E-state index contributed by atoms with van der Waals surface area (Å²) in [7, 11) is 3.56. The molecule has 0 aliphatic rings. The molecule has 0 spiro atoms. The summed E-state index contributed by atoms with van der Waals surface area (Å²) >= 11 is 0. The summed E-state index contributed by atoms with van der Waals surface area (Å²) in [6, 6.07) is 1.33. The van der Waals surface area contributed by atoms with E-state index >= 15 is 0 Å². The van der Waals surface area contributed by atoms with Crippen LogP contribution >= 0.6 is 0 Å². The van der Waals surface area contributed by atoms with Crippen molar-refractivity contribution in [2.45, 2.75) is 38.5 Å². The van der Waals surface area contributed by atoms with Crippen molar-refractivity contribution in [3.63, 3.8) is 0 Å². The zero-order chi connectivity index (χ0) is 17.3. The van der Waals surface area contributed by atoms with Gasteiger partial charge < -0.3 is 14.6 Å². The van der Waals surface area contributed by atoms with E-state index < -0.39 is 34.5 Å². The second kappa shape index (κ2) is 6.12. The van der Waals surface area contributed by atoms with Gasteiger partial charge >= 0.3 is 12.1 Å². The van der Waals surface area contributed by atoms with Crippen molar-refractivity contribution in [1.29, 1.82) is 0 Å². The summed E-state index contributed by atoms with van der Waals surface area (Å²) in [5.74, 6) is -1.54. The van der Waals surface area contributed by atoms with Gasteiger partial charge in [0.05, 0.1) is 0 Å². The number of rotatable bonds is 5. The number of aromatic nitrogens is 1. The van der Waals surface area contributed by atoms with E-state index in [0.29, 0.717) is 16.7 Å². The van der Waals surface area contributed by atoms with Crippen LogP contribution in [0.1, 0.15) is 36.3 Å². The van der Waals surface area contributed by atoms with Gasteiger partial charge in [-0.25, -0.2) is 4.79 Å². The molecule has 1 rings (SSSR count). The molecule has 0 saturated heterocycles. The number of alkyl halides is 3. The molecule has 0 saturated carbocycles. The molecule has 0 aliphatic carbocycles. The predicted octanol–water partition coefficient (Wildman–Crippen LogP) is 2.30. The van der Waals surface area contributed by atoms with Gasteiger partial charge in [0.15, 0.2) is 0 Å². The van der Waals surface area contributed by atoms with Gasteiger partial charge in [-0.3, -0.25) is 4.79 Å². The Morgan fingerprint density at radius 3 is 2.23 bits per heavy atom. The predicted molar refractivity (Wildman–Crippen MR) is 75.0 cm³/mol. The molecule has 22 heavy (non-hydrogen) atoms. The van der Waals surface area contributed by atoms with Crippen LogP contribution in [0.3, 0.4) is 0 Å². The summed E-state index contributed by atoms with van der Waals surface area (Å²) < 4.78 is 39.6. The van der Waals surface area contributed by atoms with Crippen LogP contribution in [0.15, 0.2) is 16.9 Å². The van der Waals surface area contributed by atoms with Crippen LogP contribution in [0, 0.1) is 0 Å². The molecule has 0 unspecified atom stereocenters. The lowest BCUT2D eigenvalue weighted by Gasteiger charge is -2.33. The Hall–Kier alpha value is -1.83. The Labute approximate surface area is 126 Å². The maximum atomic E-state index is 13.0. The average Bonchev–Trinajstić information content (AvgIpc) is 2.34. The third-order valence-electron chi connectivity index (χ3n) is 3.85. The molecular weight excluding hydrogens is 301 g/mol. The number of aromatic carboxylic acids is 1. The minimum atomic E-state index is -4.72. The summed E-state index contributed by atoms with van der Waals surface area (Å²) in [4.78, 5) is 24.8. The zero-order valence-electron chi connectivity index (χ0n) is 12.9. The second-order valence-corrected chi connectivity index (χ2v) is 5.85. The molecule has 0 fully saturated rings. The summed E-state index contributed by atoms with van der Waals surface area (Å²) in [5.41, 5.74) is -3.40. The van der Waals surface area contributed by atoms with Gasteiger partial charge in [-0.2, -0.15) is 13.2 Å². The highest BCUT2D eigenvalue weighted by Gasteiger charge is 2.35. The Bertz CT molecular complexity index is 619. The summed E-state index contributed by atoms with van der Waals surface area (Å²) in [6.07, 6.45) is -4.47. The Morgan fingerprint density at radius 2 is 1.82 bits per heavy atom. The highest BCUT2D eigenvalue weighted by molar-refractivity contribution is 5.87. The topological polar surface area (TPSA) is 62.5 Å². The molecule has 1 aromatic heterocycles. The van der Waals surface area contributed by atoms with Crippen LogP contribution in [0.5, 0.6) is 0 Å². The number of pyridine rings is 1. The van der Waals surface area contributed by atoms with E-state index in [9.17, 15) is 22.8 Å². The molecule has 0 bridgehead atoms. The van der Waals surface area contributed by atoms with Crippen molar-refractivity contribution in [3.05, 3.63) is 33.7 Å². The lowest BCUT2D eigenvalue weighted by molar-refractivity contribution is -0.144. The van der Waals surface area contributed by atoms with Crippen LogP contribution in [0.4, 0.5) is 13.2 Å². The molecule has 0 amide bonds. The maximum Gasteiger partial charge on any atom is 0.431 e. The van der Waals surface area contributed by atoms with Crippen LogP contribution in [0.2, 0.25) is 0 Å². The van der Waals surface area contributed by atoms with E-state index in [0.717, 1.165) is 0 Å². The molecule has 0 aliphatic heterocycles. The average molecular weight is 320 g/mol. The first-order valence-electron chi connectivity index (χ1n) is 6.59. The van der Waals surface area contributed by atoms with Gasteiger partial charge in [0, 0.05) is 12.1 Å². The number of hydrogen-bond acceptors (Lipinski definition) is 3. The fraction of sp³-hybridized carbons (Fsp3) is 0.571. The van der Waals surface area contributed by atoms with E-state index in [-0.39, 0.29) is 13.0 Å². The monoisotopic (exact) mass is 320 g/mol. The Kier molecular flexibility index (Phi) is 5.06. The lowest BCUT2D eigenvalue weighted by atomic mass is 9.99. The first kappa shape index (κ1) is 18.2. The Balaban J connectivity index is 3.34. The van der Waals surface area contributed by atoms with E-state index in [1.807, 2.05) is 18.7 Å². The SMILES string of the molecule is CN(C)C(C)(C)CCn1c(C(F)(F)F)ccc(C(=O)O)c1=O. The van der Waals surface area contributed by atoms with Gasteiger partial charge in [0.1, 0.15) is 11.3 Å². The standard InChI is InChI=1S/C14H19F3N2O3/c1-13(2,18(3)4)7-8-19-10(14(15,16)17)6-5-9(11(19)20)12(21)22/h5-6H,7-8H2,1-4H3,(H,21,22). The molecule has 124 valence electrons. The molecule has 0 aromatic carbocycles. The number of nitrogens with zero attached hydrogens (tertiary/aromatic N) is 2. The fourth-order valence-electron chi connectivity index (χ4n) is 1.82. The van der Waals surface area contributed by atoms with Gasteiger partial charge in [0.2, 0.25) is 0 Å². The highest BCUT2D eigenvalue weighted by atomic mass is 19.4. The van der Waals surface area contributed by atoms with Crippen molar-refractivity contribution >= 4 is 5.97 Å². The van der Waals surface area contributed by atoms with Gasteiger partial charge in [-0.05, 0) is 46.5 Å². The van der Waals surface area contributed by atoms with Crippen molar-refractivity contribution in [2.75, 3.05) is 14.1 Å². The Morgan fingerprint density at radius 1 is 1.27 bits per heavy atom. The van der Waals surface area contributed by atoms with E-state index in [4.69, 9.17) is 5.11 Å². The molecule has 8 heteroatoms. The molecule has 5 nitrogen and oxygen atoms in total. The van der Waals surface area contributed by atoms with Crippen molar-refractivity contribution in [1.82, 2.24) is 9.47 Å². The van der Waals surface area contributed by atoms with Crippen LogP contribution < -0.4 is 5.56 Å². The van der Waals surface area contributed by atoms with Crippen molar-refractivity contribution < 1.29 is 23.1 Å². The van der Waals surface area contributed by atoms with Gasteiger partial charge in [-0.15, -0.1) is 0 Å². The molecular formula is C14H19F3N2O3. The number of hydrogen-bond donors (Lipinski definition) is 1. The number of carbonyl (C=O) groups is 1. The third-order valence-corrected chi connectivity index (χ3v) is 3.85. The lowest BCUT2D eigenvalue weighted by Crippen LogP contribution is -2.41. The van der Waals surface area contributed by atoms with Crippen molar-refractivity contribution in [3.8, 4) is 0 Å². The number of halogens is 3. The van der Waals surface area contributed by atoms with Crippen molar-refractivity contribution in [2.24, 2.45) is 0 Å². The highest BCUT2D eigenvalue weighted by Crippen LogP contribution is 2.29. The van der Waals surface area contributed by atoms with Crippen LogP contribution in [0.25, 0.3) is 0 Å². The smallest absolute Gasteiger partial charge is 0.431 e. The largest absolute Gasteiger partial charge is 0.477 e. The molecule has 1 aromatic rings. The first-order chi connectivity index (χ1) is 9.88. The molecule has 0 radical (unpaired) electrons. The normalized spacial score (nSPS) is 12.7. The minimum absolute atomic E-state index is 0.222. The second-order valence-electron chi connectivity index (χ2n) is 5.85. The molecule has 1 heterocycles. The number of carboxylic acid groups (broad SMARTS) is 1. The van der Waals surface area contributed by atoms with E-state index in [2.05, 4.69) is 0 Å². The van der Waals surface area contributed by atoms with Crippen LogP contribution in [-0.2, 0) is 12.7 Å². The van der Waals surface area contributed by atoms with Gasteiger partial charge in [-0.1, -0.05) is 0 Å². The summed E-state index contributed by atoms with van der Waals surface area (Å²) in [5, 5.41) is 8.90. The molecule has 1 N–H and O–H groups in total. The first-order valence-corrected chi connectivity index (χ1v) is 6.59.